The average Bonchev–Trinajstić information content (AvgIpc) is 3.15. The van der Waals surface area contributed by atoms with Gasteiger partial charge < -0.3 is 25.0 Å². The van der Waals surface area contributed by atoms with Gasteiger partial charge >= 0.3 is 0 Å². The third-order valence-electron chi connectivity index (χ3n) is 4.71. The maximum Gasteiger partial charge on any atom is 0.231 e. The van der Waals surface area contributed by atoms with Crippen LogP contribution in [0.25, 0.3) is 0 Å². The molecule has 0 aliphatic carbocycles. The number of nitrogens with zero attached hydrogens (tertiary/aromatic N) is 2. The smallest absolute Gasteiger partial charge is 0.231 e. The number of rotatable bonds is 7. The Morgan fingerprint density at radius 3 is 2.57 bits per heavy atom. The summed E-state index contributed by atoms with van der Waals surface area (Å²) >= 11 is 0. The molecule has 6 nitrogen and oxygen atoms in total. The van der Waals surface area contributed by atoms with Crippen LogP contribution in [0.3, 0.4) is 0 Å². The lowest BCUT2D eigenvalue weighted by molar-refractivity contribution is 0.174. The van der Waals surface area contributed by atoms with Crippen LogP contribution in [0.5, 0.6) is 11.5 Å². The predicted octanol–water partition coefficient (Wildman–Crippen LogP) is 2.56. The highest BCUT2D eigenvalue weighted by Gasteiger charge is 2.15. The van der Waals surface area contributed by atoms with E-state index in [2.05, 4.69) is 20.5 Å². The van der Waals surface area contributed by atoms with Gasteiger partial charge in [0, 0.05) is 20.1 Å². The van der Waals surface area contributed by atoms with Crippen molar-refractivity contribution >= 4 is 5.96 Å². The lowest BCUT2D eigenvalue weighted by Gasteiger charge is -2.26. The van der Waals surface area contributed by atoms with Gasteiger partial charge in [0.2, 0.25) is 6.79 Å². The fourth-order valence-electron chi connectivity index (χ4n) is 3.12. The van der Waals surface area contributed by atoms with E-state index in [1.165, 1.54) is 17.7 Å². The summed E-state index contributed by atoms with van der Waals surface area (Å²) in [4.78, 5) is 6.38. The van der Waals surface area contributed by atoms with Gasteiger partial charge in [0.25, 0.3) is 0 Å². The zero-order valence-electron chi connectivity index (χ0n) is 16.5. The van der Waals surface area contributed by atoms with Crippen LogP contribution in [-0.2, 0) is 6.42 Å². The number of guanidine groups is 1. The number of benzene rings is 2. The quantitative estimate of drug-likeness (QED) is 0.566. The summed E-state index contributed by atoms with van der Waals surface area (Å²) in [7, 11) is 5.76. The molecule has 1 atom stereocenters. The molecule has 150 valence electrons. The van der Waals surface area contributed by atoms with E-state index in [9.17, 15) is 4.39 Å². The Labute approximate surface area is 165 Å². The Balaban J connectivity index is 1.50. The summed E-state index contributed by atoms with van der Waals surface area (Å²) in [5.41, 5.74) is 2.22. The van der Waals surface area contributed by atoms with Gasteiger partial charge in [-0.3, -0.25) is 4.99 Å². The van der Waals surface area contributed by atoms with Crippen LogP contribution in [0.15, 0.2) is 47.5 Å². The van der Waals surface area contributed by atoms with E-state index in [4.69, 9.17) is 9.47 Å². The van der Waals surface area contributed by atoms with Gasteiger partial charge in [-0.2, -0.15) is 0 Å². The summed E-state index contributed by atoms with van der Waals surface area (Å²) in [6.07, 6.45) is 0.840. The first kappa shape index (κ1) is 19.9. The second-order valence-electron chi connectivity index (χ2n) is 6.85. The third-order valence-corrected chi connectivity index (χ3v) is 4.71. The van der Waals surface area contributed by atoms with E-state index >= 15 is 0 Å². The van der Waals surface area contributed by atoms with Crippen LogP contribution in [0, 0.1) is 5.82 Å². The minimum absolute atomic E-state index is 0.105. The number of fused-ring (bicyclic) bond motifs is 1. The molecule has 7 heteroatoms. The zero-order chi connectivity index (χ0) is 19.9. The van der Waals surface area contributed by atoms with Crippen molar-refractivity contribution in [1.82, 2.24) is 15.5 Å². The highest BCUT2D eigenvalue weighted by molar-refractivity contribution is 5.79. The Kier molecular flexibility index (Phi) is 6.71. The van der Waals surface area contributed by atoms with Crippen molar-refractivity contribution in [3.05, 3.63) is 59.4 Å². The number of hydrogen-bond acceptors (Lipinski definition) is 4. The molecular weight excluding hydrogens is 359 g/mol. The Bertz CT molecular complexity index is 809. The van der Waals surface area contributed by atoms with Gasteiger partial charge in [0.05, 0.1) is 6.04 Å². The van der Waals surface area contributed by atoms with Gasteiger partial charge in [-0.05, 0) is 55.9 Å². The molecule has 1 unspecified atom stereocenters. The molecule has 0 saturated heterocycles. The van der Waals surface area contributed by atoms with Crippen LogP contribution in [0.2, 0.25) is 0 Å². The van der Waals surface area contributed by atoms with Gasteiger partial charge in [-0.15, -0.1) is 0 Å². The van der Waals surface area contributed by atoms with Crippen molar-refractivity contribution in [1.29, 1.82) is 0 Å². The first-order valence-electron chi connectivity index (χ1n) is 9.32. The molecule has 0 amide bonds. The zero-order valence-corrected chi connectivity index (χ0v) is 16.5. The number of hydrogen-bond donors (Lipinski definition) is 2. The van der Waals surface area contributed by atoms with Crippen LogP contribution in [0.4, 0.5) is 4.39 Å². The Hall–Kier alpha value is -2.80. The van der Waals surface area contributed by atoms with Crippen molar-refractivity contribution < 1.29 is 13.9 Å². The number of aliphatic imine (C=N–C) groups is 1. The minimum atomic E-state index is -0.227. The lowest BCUT2D eigenvalue weighted by Crippen LogP contribution is -2.42. The molecule has 3 rings (SSSR count). The minimum Gasteiger partial charge on any atom is -0.454 e. The molecule has 0 aromatic heterocycles. The molecule has 2 aromatic carbocycles. The molecule has 2 aromatic rings. The van der Waals surface area contributed by atoms with E-state index in [0.29, 0.717) is 6.54 Å². The van der Waals surface area contributed by atoms with Crippen molar-refractivity contribution in [2.75, 3.05) is 41.0 Å². The summed E-state index contributed by atoms with van der Waals surface area (Å²) in [6.45, 7) is 1.68. The fourth-order valence-corrected chi connectivity index (χ4v) is 3.12. The van der Waals surface area contributed by atoms with Crippen molar-refractivity contribution in [3.63, 3.8) is 0 Å². The molecule has 0 radical (unpaired) electrons. The van der Waals surface area contributed by atoms with Crippen LogP contribution >= 0.6 is 0 Å². The van der Waals surface area contributed by atoms with E-state index in [0.717, 1.165) is 36.0 Å². The average molecular weight is 386 g/mol. The standard InChI is InChI=1S/C21H27FN4O2/c1-23-21(24-11-10-15-4-9-19-20(12-15)28-14-27-19)25-13-18(26(2)3)16-5-7-17(22)8-6-16/h4-9,12,18H,10-11,13-14H2,1-3H3,(H2,23,24,25). The van der Waals surface area contributed by atoms with Crippen LogP contribution in [0.1, 0.15) is 17.2 Å². The number of halogens is 1. The largest absolute Gasteiger partial charge is 0.454 e. The first-order valence-corrected chi connectivity index (χ1v) is 9.32. The van der Waals surface area contributed by atoms with Crippen LogP contribution in [-0.4, -0.2) is 51.9 Å². The summed E-state index contributed by atoms with van der Waals surface area (Å²) < 4.78 is 24.0. The van der Waals surface area contributed by atoms with Crippen molar-refractivity contribution in [2.45, 2.75) is 12.5 Å². The molecule has 28 heavy (non-hydrogen) atoms. The molecule has 0 spiro atoms. The number of likely N-dealkylation sites (N-methyl/N-ethyl adjacent to an activating group) is 1. The summed E-state index contributed by atoms with van der Waals surface area (Å²) in [6, 6.07) is 12.7. The van der Waals surface area contributed by atoms with Crippen molar-refractivity contribution in [2.24, 2.45) is 4.99 Å². The SMILES string of the molecule is CN=C(NCCc1ccc2c(c1)OCO2)NCC(c1ccc(F)cc1)N(C)C. The van der Waals surface area contributed by atoms with E-state index in [-0.39, 0.29) is 18.7 Å². The Morgan fingerprint density at radius 1 is 1.11 bits per heavy atom. The first-order chi connectivity index (χ1) is 13.6. The molecule has 2 N–H and O–H groups in total. The highest BCUT2D eigenvalue weighted by atomic mass is 19.1. The van der Waals surface area contributed by atoms with E-state index < -0.39 is 0 Å². The van der Waals surface area contributed by atoms with Gasteiger partial charge in [0.15, 0.2) is 17.5 Å². The summed E-state index contributed by atoms with van der Waals surface area (Å²) in [5.74, 6) is 2.10. The van der Waals surface area contributed by atoms with Gasteiger partial charge in [0.1, 0.15) is 5.82 Å². The maximum absolute atomic E-state index is 13.2. The predicted molar refractivity (Wildman–Crippen MR) is 108 cm³/mol. The molecule has 0 fully saturated rings. The molecule has 1 aliphatic rings. The van der Waals surface area contributed by atoms with Gasteiger partial charge in [-0.1, -0.05) is 18.2 Å². The lowest BCUT2D eigenvalue weighted by atomic mass is 10.1. The van der Waals surface area contributed by atoms with Crippen LogP contribution < -0.4 is 20.1 Å². The fraction of sp³-hybridized carbons (Fsp3) is 0.381. The van der Waals surface area contributed by atoms with E-state index in [1.807, 2.05) is 44.4 Å². The van der Waals surface area contributed by atoms with Crippen molar-refractivity contribution in [3.8, 4) is 11.5 Å². The molecule has 0 bridgehead atoms. The molecular formula is C21H27FN4O2. The topological polar surface area (TPSA) is 58.1 Å². The second-order valence-corrected chi connectivity index (χ2v) is 6.85. The number of ether oxygens (including phenoxy) is 2. The third kappa shape index (κ3) is 5.13. The maximum atomic E-state index is 13.2. The number of nitrogens with one attached hydrogen (secondary N) is 2. The molecule has 1 heterocycles. The second kappa shape index (κ2) is 9.41. The normalized spacial score (nSPS) is 14.2. The monoisotopic (exact) mass is 386 g/mol. The highest BCUT2D eigenvalue weighted by Crippen LogP contribution is 2.32. The molecule has 0 saturated carbocycles. The Morgan fingerprint density at radius 2 is 1.86 bits per heavy atom. The molecule has 1 aliphatic heterocycles. The summed E-state index contributed by atoms with van der Waals surface area (Å²) in [5, 5.41) is 6.68. The van der Waals surface area contributed by atoms with E-state index in [1.54, 1.807) is 7.05 Å². The van der Waals surface area contributed by atoms with Gasteiger partial charge in [-0.25, -0.2) is 4.39 Å².